The summed E-state index contributed by atoms with van der Waals surface area (Å²) < 4.78 is 7.15. The molecule has 11 aromatic rings. The first-order valence-corrected chi connectivity index (χ1v) is 19.5. The minimum atomic E-state index is -0.110. The van der Waals surface area contributed by atoms with E-state index in [0.717, 1.165) is 45.1 Å². The molecule has 4 heterocycles. The van der Waals surface area contributed by atoms with Crippen LogP contribution in [-0.4, -0.2) is 19.7 Å². The second-order valence-electron chi connectivity index (χ2n) is 14.8. The van der Waals surface area contributed by atoms with Crippen LogP contribution in [-0.2, 0) is 0 Å². The van der Waals surface area contributed by atoms with Crippen LogP contribution >= 0.6 is 0 Å². The SMILES string of the molecule is C1=C(c2ccc(-n3c4ccccc4c4ccccc43)cc2)N=C(n2c3ccccc3c3ccc4c5ccccc5n(-c5ccccc5)c4c32)NC1c1ccccc1. The van der Waals surface area contributed by atoms with Gasteiger partial charge in [0.15, 0.2) is 0 Å². The summed E-state index contributed by atoms with van der Waals surface area (Å²) in [5.41, 5.74) is 12.3. The Labute approximate surface area is 328 Å². The minimum Gasteiger partial charge on any atom is -0.345 e. The molecule has 0 saturated carbocycles. The Bertz CT molecular complexity index is 3360. The molecular formula is C52H35N5. The third-order valence-electron chi connectivity index (χ3n) is 11.7. The van der Waals surface area contributed by atoms with Crippen molar-refractivity contribution in [3.8, 4) is 11.4 Å². The summed E-state index contributed by atoms with van der Waals surface area (Å²) in [4.78, 5) is 5.54. The highest BCUT2D eigenvalue weighted by atomic mass is 15.2. The number of aromatic nitrogens is 3. The number of fused-ring (bicyclic) bond motifs is 10. The number of para-hydroxylation sites is 5. The summed E-state index contributed by atoms with van der Waals surface area (Å²) in [5, 5.41) is 11.2. The fourth-order valence-electron chi connectivity index (χ4n) is 9.19. The quantitative estimate of drug-likeness (QED) is 0.192. The van der Waals surface area contributed by atoms with Crippen molar-refractivity contribution in [3.63, 3.8) is 0 Å². The molecule has 0 fully saturated rings. The Kier molecular flexibility index (Phi) is 6.92. The molecule has 0 bridgehead atoms. The predicted octanol–water partition coefficient (Wildman–Crippen LogP) is 12.6. The first kappa shape index (κ1) is 31.7. The van der Waals surface area contributed by atoms with Crippen LogP contribution in [0.1, 0.15) is 17.2 Å². The third-order valence-corrected chi connectivity index (χ3v) is 11.7. The first-order chi connectivity index (χ1) is 28.3. The van der Waals surface area contributed by atoms with Crippen molar-refractivity contribution in [1.29, 1.82) is 0 Å². The van der Waals surface area contributed by atoms with Crippen molar-refractivity contribution < 1.29 is 0 Å². The van der Waals surface area contributed by atoms with Crippen LogP contribution in [0.25, 0.3) is 82.5 Å². The maximum Gasteiger partial charge on any atom is 0.209 e. The Balaban J connectivity index is 1.10. The maximum atomic E-state index is 5.54. The number of nitrogens with one attached hydrogen (secondary N) is 1. The lowest BCUT2D eigenvalue weighted by molar-refractivity contribution is 0.760. The maximum absolute atomic E-state index is 5.54. The van der Waals surface area contributed by atoms with Crippen LogP contribution in [0.2, 0.25) is 0 Å². The van der Waals surface area contributed by atoms with Gasteiger partial charge < -0.3 is 14.5 Å². The van der Waals surface area contributed by atoms with Crippen molar-refractivity contribution in [2.45, 2.75) is 6.04 Å². The van der Waals surface area contributed by atoms with Gasteiger partial charge in [-0.15, -0.1) is 0 Å². The van der Waals surface area contributed by atoms with Gasteiger partial charge in [0, 0.05) is 49.3 Å². The average Bonchev–Trinajstić information content (AvgIpc) is 3.93. The molecule has 12 rings (SSSR count). The van der Waals surface area contributed by atoms with E-state index >= 15 is 0 Å². The van der Waals surface area contributed by atoms with Gasteiger partial charge in [0.25, 0.3) is 0 Å². The molecule has 0 saturated heterocycles. The fraction of sp³-hybridized carbons (Fsp3) is 0.0192. The molecule has 268 valence electrons. The van der Waals surface area contributed by atoms with Crippen LogP contribution in [0.15, 0.2) is 205 Å². The Hall–Kier alpha value is -7.63. The zero-order chi connectivity index (χ0) is 37.5. The molecule has 1 atom stereocenters. The number of hydrogen-bond acceptors (Lipinski definition) is 2. The summed E-state index contributed by atoms with van der Waals surface area (Å²) in [7, 11) is 0. The number of nitrogens with zero attached hydrogens (tertiary/aromatic N) is 4. The largest absolute Gasteiger partial charge is 0.345 e. The Morgan fingerprint density at radius 3 is 1.39 bits per heavy atom. The highest BCUT2D eigenvalue weighted by Gasteiger charge is 2.26. The molecule has 3 aromatic heterocycles. The number of benzene rings is 8. The minimum absolute atomic E-state index is 0.110. The van der Waals surface area contributed by atoms with Crippen molar-refractivity contribution in [2.24, 2.45) is 4.99 Å². The van der Waals surface area contributed by atoms with Gasteiger partial charge in [0.05, 0.1) is 44.8 Å². The zero-order valence-corrected chi connectivity index (χ0v) is 30.9. The van der Waals surface area contributed by atoms with Gasteiger partial charge in [-0.25, -0.2) is 4.99 Å². The zero-order valence-electron chi connectivity index (χ0n) is 30.9. The average molecular weight is 730 g/mol. The van der Waals surface area contributed by atoms with E-state index in [2.05, 4.69) is 219 Å². The molecule has 1 unspecified atom stereocenters. The van der Waals surface area contributed by atoms with Gasteiger partial charge >= 0.3 is 0 Å². The molecule has 57 heavy (non-hydrogen) atoms. The molecule has 1 aliphatic rings. The van der Waals surface area contributed by atoms with Crippen LogP contribution in [0.5, 0.6) is 0 Å². The topological polar surface area (TPSA) is 39.2 Å². The molecular weight excluding hydrogens is 695 g/mol. The van der Waals surface area contributed by atoms with Crippen LogP contribution in [0.4, 0.5) is 0 Å². The Morgan fingerprint density at radius 1 is 0.368 bits per heavy atom. The van der Waals surface area contributed by atoms with E-state index in [-0.39, 0.29) is 6.04 Å². The number of rotatable bonds is 4. The van der Waals surface area contributed by atoms with Gasteiger partial charge in [0.2, 0.25) is 5.96 Å². The standard InChI is InChI=1S/C52H35N5/c1-3-15-34(16-4-1)44-33-45(35-27-29-37(30-28-35)55-46-23-11-7-19-38(46)39-20-8-12-24-47(39)55)54-52(53-44)57-49-26-14-10-22-41(49)43-32-31-42-40-21-9-13-25-48(40)56(50(42)51(43)57)36-17-5-2-6-18-36/h1-33,44H,(H,53,54). The smallest absolute Gasteiger partial charge is 0.209 e. The van der Waals surface area contributed by atoms with Crippen molar-refractivity contribution in [1.82, 2.24) is 19.0 Å². The number of aliphatic imine (C=N–C) groups is 1. The molecule has 1 N–H and O–H groups in total. The molecule has 1 aliphatic heterocycles. The molecule has 0 amide bonds. The fourth-order valence-corrected chi connectivity index (χ4v) is 9.19. The summed E-state index contributed by atoms with van der Waals surface area (Å²) in [6.07, 6.45) is 2.26. The number of hydrogen-bond donors (Lipinski definition) is 1. The van der Waals surface area contributed by atoms with Crippen LogP contribution in [0.3, 0.4) is 0 Å². The highest BCUT2D eigenvalue weighted by molar-refractivity contribution is 6.26. The monoisotopic (exact) mass is 729 g/mol. The van der Waals surface area contributed by atoms with Gasteiger partial charge in [-0.2, -0.15) is 0 Å². The normalized spacial score (nSPS) is 14.5. The second kappa shape index (κ2) is 12.4. The predicted molar refractivity (Wildman–Crippen MR) is 238 cm³/mol. The molecule has 0 radical (unpaired) electrons. The summed E-state index contributed by atoms with van der Waals surface area (Å²) in [6.45, 7) is 0. The van der Waals surface area contributed by atoms with Gasteiger partial charge in [-0.05, 0) is 60.2 Å². The van der Waals surface area contributed by atoms with E-state index in [1.54, 1.807) is 0 Å². The molecule has 0 spiro atoms. The summed E-state index contributed by atoms with van der Waals surface area (Å²) in [5.74, 6) is 0.788. The molecule has 5 heteroatoms. The molecule has 0 aliphatic carbocycles. The van der Waals surface area contributed by atoms with E-state index in [0.29, 0.717) is 0 Å². The summed E-state index contributed by atoms with van der Waals surface area (Å²) in [6, 6.07) is 69.5. The van der Waals surface area contributed by atoms with E-state index in [1.165, 1.54) is 54.4 Å². The van der Waals surface area contributed by atoms with Gasteiger partial charge in [-0.1, -0.05) is 146 Å². The van der Waals surface area contributed by atoms with E-state index in [1.807, 2.05) is 0 Å². The van der Waals surface area contributed by atoms with E-state index in [4.69, 9.17) is 4.99 Å². The van der Waals surface area contributed by atoms with Gasteiger partial charge in [-0.3, -0.25) is 4.57 Å². The lowest BCUT2D eigenvalue weighted by Crippen LogP contribution is -2.35. The van der Waals surface area contributed by atoms with Crippen LogP contribution < -0.4 is 5.32 Å². The van der Waals surface area contributed by atoms with Crippen LogP contribution in [0, 0.1) is 0 Å². The van der Waals surface area contributed by atoms with E-state index in [9.17, 15) is 0 Å². The second-order valence-corrected chi connectivity index (χ2v) is 14.8. The molecule has 8 aromatic carbocycles. The van der Waals surface area contributed by atoms with E-state index < -0.39 is 0 Å². The first-order valence-electron chi connectivity index (χ1n) is 19.5. The summed E-state index contributed by atoms with van der Waals surface area (Å²) >= 11 is 0. The Morgan fingerprint density at radius 2 is 0.807 bits per heavy atom. The van der Waals surface area contributed by atoms with Gasteiger partial charge in [0.1, 0.15) is 0 Å². The van der Waals surface area contributed by atoms with Crippen molar-refractivity contribution in [2.75, 3.05) is 0 Å². The third kappa shape index (κ3) is 4.79. The lowest BCUT2D eigenvalue weighted by atomic mass is 10.0. The van der Waals surface area contributed by atoms with Crippen molar-refractivity contribution in [3.05, 3.63) is 211 Å². The van der Waals surface area contributed by atoms with Crippen molar-refractivity contribution >= 4 is 77.1 Å². The lowest BCUT2D eigenvalue weighted by Gasteiger charge is -2.26. The highest BCUT2D eigenvalue weighted by Crippen LogP contribution is 2.41. The molecule has 5 nitrogen and oxygen atoms in total.